The molecule has 1 atom stereocenters. The third-order valence-corrected chi connectivity index (χ3v) is 2.78. The fraction of sp³-hybridized carbons (Fsp3) is 0.300. The van der Waals surface area contributed by atoms with Gasteiger partial charge >= 0.3 is 0 Å². The molecule has 13 heavy (non-hydrogen) atoms. The molecule has 0 saturated carbocycles. The van der Waals surface area contributed by atoms with E-state index in [1.165, 1.54) is 11.0 Å². The average molecular weight is 195 g/mol. The Balaban J connectivity index is 2.63. The Morgan fingerprint density at radius 2 is 2.62 bits per heavy atom. The summed E-state index contributed by atoms with van der Waals surface area (Å²) in [5.41, 5.74) is 0. The Labute approximate surface area is 82.3 Å². The smallest absolute Gasteiger partial charge is 0.243 e. The molecule has 1 amide bonds. The van der Waals surface area contributed by atoms with Crippen molar-refractivity contribution in [2.75, 3.05) is 0 Å². The first-order valence-electron chi connectivity index (χ1n) is 4.24. The first-order valence-corrected chi connectivity index (χ1v) is 5.12. The summed E-state index contributed by atoms with van der Waals surface area (Å²) in [6.45, 7) is 5.47. The predicted octanol–water partition coefficient (Wildman–Crippen LogP) is 2.50. The number of carbonyl (C=O) groups excluding carboxylic acids is 1. The van der Waals surface area contributed by atoms with Gasteiger partial charge in [0.1, 0.15) is 0 Å². The van der Waals surface area contributed by atoms with Gasteiger partial charge in [0.25, 0.3) is 0 Å². The summed E-state index contributed by atoms with van der Waals surface area (Å²) in [7, 11) is 0. The molecule has 1 N–H and O–H groups in total. The van der Waals surface area contributed by atoms with Crippen molar-refractivity contribution in [1.82, 2.24) is 5.32 Å². The second-order valence-corrected chi connectivity index (χ2v) is 3.67. The summed E-state index contributed by atoms with van der Waals surface area (Å²) in [6, 6.07) is 4.15. The molecule has 1 unspecified atom stereocenters. The van der Waals surface area contributed by atoms with Crippen molar-refractivity contribution >= 4 is 17.2 Å². The first-order chi connectivity index (χ1) is 6.27. The lowest BCUT2D eigenvalue weighted by atomic mass is 10.2. The molecule has 0 aliphatic rings. The van der Waals surface area contributed by atoms with Gasteiger partial charge in [0, 0.05) is 4.88 Å². The topological polar surface area (TPSA) is 29.1 Å². The fourth-order valence-electron chi connectivity index (χ4n) is 1.09. The molecule has 0 bridgehead atoms. The van der Waals surface area contributed by atoms with E-state index in [1.54, 1.807) is 11.3 Å². The van der Waals surface area contributed by atoms with Crippen molar-refractivity contribution in [2.24, 2.45) is 0 Å². The van der Waals surface area contributed by atoms with Gasteiger partial charge in [0.15, 0.2) is 0 Å². The summed E-state index contributed by atoms with van der Waals surface area (Å²) in [4.78, 5) is 12.2. The summed E-state index contributed by atoms with van der Waals surface area (Å²) >= 11 is 1.66. The van der Waals surface area contributed by atoms with Crippen LogP contribution in [0.15, 0.2) is 30.2 Å². The van der Waals surface area contributed by atoms with Gasteiger partial charge in [-0.2, -0.15) is 0 Å². The molecule has 0 saturated heterocycles. The molecule has 2 nitrogen and oxygen atoms in total. The van der Waals surface area contributed by atoms with Gasteiger partial charge in [-0.1, -0.05) is 19.6 Å². The van der Waals surface area contributed by atoms with Crippen LogP contribution in [0.5, 0.6) is 0 Å². The van der Waals surface area contributed by atoms with E-state index in [0.29, 0.717) is 0 Å². The Hall–Kier alpha value is -1.09. The van der Waals surface area contributed by atoms with Crippen LogP contribution in [0.2, 0.25) is 0 Å². The molecule has 0 aliphatic carbocycles. The first kappa shape index (κ1) is 9.99. The largest absolute Gasteiger partial charge is 0.345 e. The van der Waals surface area contributed by atoms with Crippen molar-refractivity contribution in [2.45, 2.75) is 19.4 Å². The molecule has 1 rings (SSSR count). The molecule has 0 radical (unpaired) electrons. The molecule has 1 heterocycles. The SMILES string of the molecule is C=CC(=O)NC(CC)c1cccs1. The van der Waals surface area contributed by atoms with Crippen LogP contribution in [0.1, 0.15) is 24.3 Å². The van der Waals surface area contributed by atoms with Crippen molar-refractivity contribution < 1.29 is 4.79 Å². The van der Waals surface area contributed by atoms with Gasteiger partial charge in [-0.15, -0.1) is 11.3 Å². The third-order valence-electron chi connectivity index (χ3n) is 1.80. The van der Waals surface area contributed by atoms with E-state index in [-0.39, 0.29) is 11.9 Å². The van der Waals surface area contributed by atoms with E-state index in [1.807, 2.05) is 24.4 Å². The highest BCUT2D eigenvalue weighted by atomic mass is 32.1. The molecule has 0 aliphatic heterocycles. The maximum Gasteiger partial charge on any atom is 0.243 e. The van der Waals surface area contributed by atoms with Gasteiger partial charge in [0.05, 0.1) is 6.04 Å². The number of thiophene rings is 1. The van der Waals surface area contributed by atoms with Gasteiger partial charge in [-0.25, -0.2) is 0 Å². The predicted molar refractivity (Wildman–Crippen MR) is 55.7 cm³/mol. The van der Waals surface area contributed by atoms with E-state index >= 15 is 0 Å². The Bertz CT molecular complexity index is 279. The highest BCUT2D eigenvalue weighted by molar-refractivity contribution is 7.10. The second-order valence-electron chi connectivity index (χ2n) is 2.69. The van der Waals surface area contributed by atoms with Crippen LogP contribution >= 0.6 is 11.3 Å². The van der Waals surface area contributed by atoms with Crippen molar-refractivity contribution in [3.8, 4) is 0 Å². The summed E-state index contributed by atoms with van der Waals surface area (Å²) < 4.78 is 0. The Morgan fingerprint density at radius 1 is 1.85 bits per heavy atom. The van der Waals surface area contributed by atoms with Crippen LogP contribution in [-0.2, 0) is 4.79 Å². The minimum absolute atomic E-state index is 0.111. The van der Waals surface area contributed by atoms with E-state index in [2.05, 4.69) is 11.9 Å². The maximum absolute atomic E-state index is 11.1. The number of hydrogen-bond acceptors (Lipinski definition) is 2. The van der Waals surface area contributed by atoms with Crippen molar-refractivity contribution in [1.29, 1.82) is 0 Å². The van der Waals surface area contributed by atoms with E-state index < -0.39 is 0 Å². The zero-order chi connectivity index (χ0) is 9.68. The minimum atomic E-state index is -0.111. The zero-order valence-electron chi connectivity index (χ0n) is 7.62. The third kappa shape index (κ3) is 2.70. The zero-order valence-corrected chi connectivity index (χ0v) is 8.43. The van der Waals surface area contributed by atoms with Gasteiger partial charge in [-0.05, 0) is 23.9 Å². The number of hydrogen-bond donors (Lipinski definition) is 1. The molecule has 0 fully saturated rings. The van der Waals surface area contributed by atoms with Crippen LogP contribution in [0, 0.1) is 0 Å². The monoisotopic (exact) mass is 195 g/mol. The number of rotatable bonds is 4. The van der Waals surface area contributed by atoms with Gasteiger partial charge < -0.3 is 5.32 Å². The van der Waals surface area contributed by atoms with Crippen LogP contribution in [0.25, 0.3) is 0 Å². The van der Waals surface area contributed by atoms with E-state index in [4.69, 9.17) is 0 Å². The Morgan fingerprint density at radius 3 is 3.08 bits per heavy atom. The van der Waals surface area contributed by atoms with Gasteiger partial charge in [0.2, 0.25) is 5.91 Å². The summed E-state index contributed by atoms with van der Waals surface area (Å²) in [6.07, 6.45) is 2.20. The molecule has 1 aromatic heterocycles. The average Bonchev–Trinajstić information content (AvgIpc) is 2.66. The van der Waals surface area contributed by atoms with Crippen LogP contribution < -0.4 is 5.32 Å². The number of nitrogens with one attached hydrogen (secondary N) is 1. The molecule has 3 heteroatoms. The molecule has 0 spiro atoms. The van der Waals surface area contributed by atoms with Crippen LogP contribution in [0.4, 0.5) is 0 Å². The lowest BCUT2D eigenvalue weighted by molar-refractivity contribution is -0.117. The molecular formula is C10H13NOS. The number of amides is 1. The van der Waals surface area contributed by atoms with Gasteiger partial charge in [-0.3, -0.25) is 4.79 Å². The molecular weight excluding hydrogens is 182 g/mol. The Kier molecular flexibility index (Phi) is 3.71. The summed E-state index contributed by atoms with van der Waals surface area (Å²) in [5, 5.41) is 4.88. The lowest BCUT2D eigenvalue weighted by Crippen LogP contribution is -2.25. The highest BCUT2D eigenvalue weighted by Crippen LogP contribution is 2.21. The maximum atomic E-state index is 11.1. The number of carbonyl (C=O) groups is 1. The molecule has 1 aromatic rings. The molecule has 0 aromatic carbocycles. The van der Waals surface area contributed by atoms with E-state index in [0.717, 1.165) is 6.42 Å². The minimum Gasteiger partial charge on any atom is -0.345 e. The fourth-order valence-corrected chi connectivity index (χ4v) is 1.96. The lowest BCUT2D eigenvalue weighted by Gasteiger charge is -2.13. The van der Waals surface area contributed by atoms with Crippen molar-refractivity contribution in [3.05, 3.63) is 35.0 Å². The van der Waals surface area contributed by atoms with Crippen molar-refractivity contribution in [3.63, 3.8) is 0 Å². The quantitative estimate of drug-likeness (QED) is 0.735. The normalized spacial score (nSPS) is 12.1. The standard InChI is InChI=1S/C10H13NOS/c1-3-8(11-10(12)4-2)9-6-5-7-13-9/h4-8H,2-3H2,1H3,(H,11,12). The summed E-state index contributed by atoms with van der Waals surface area (Å²) in [5.74, 6) is -0.111. The van der Waals surface area contributed by atoms with Crippen LogP contribution in [0.3, 0.4) is 0 Å². The molecule has 70 valence electrons. The van der Waals surface area contributed by atoms with E-state index in [9.17, 15) is 4.79 Å². The second kappa shape index (κ2) is 4.82. The van der Waals surface area contributed by atoms with Crippen LogP contribution in [-0.4, -0.2) is 5.91 Å². The highest BCUT2D eigenvalue weighted by Gasteiger charge is 2.10.